The van der Waals surface area contributed by atoms with E-state index in [1.807, 2.05) is 41.0 Å². The smallest absolute Gasteiger partial charge is 0.129 e. The van der Waals surface area contributed by atoms with Gasteiger partial charge >= 0.3 is 0 Å². The maximum absolute atomic E-state index is 9.20. The number of nitriles is 1. The third kappa shape index (κ3) is 2.22. The minimum atomic E-state index is 0.269. The van der Waals surface area contributed by atoms with Gasteiger partial charge in [0.15, 0.2) is 0 Å². The first-order chi connectivity index (χ1) is 10.3. The first-order valence-corrected chi connectivity index (χ1v) is 6.92. The number of halogens is 1. The summed E-state index contributed by atoms with van der Waals surface area (Å²) < 4.78 is 7.13. The fraction of sp³-hybridized carbons (Fsp3) is 0.125. The molecule has 104 valence electrons. The monoisotopic (exact) mass is 297 g/mol. The maximum Gasteiger partial charge on any atom is 0.129 e. The van der Waals surface area contributed by atoms with Gasteiger partial charge < -0.3 is 4.74 Å². The van der Waals surface area contributed by atoms with Gasteiger partial charge in [0.25, 0.3) is 0 Å². The van der Waals surface area contributed by atoms with Gasteiger partial charge in [0.1, 0.15) is 23.2 Å². The quantitative estimate of drug-likeness (QED) is 0.693. The van der Waals surface area contributed by atoms with E-state index in [0.717, 1.165) is 17.0 Å². The van der Waals surface area contributed by atoms with Crippen LogP contribution in [0.25, 0.3) is 16.7 Å². The van der Waals surface area contributed by atoms with Crippen molar-refractivity contribution in [3.8, 4) is 17.5 Å². The molecule has 21 heavy (non-hydrogen) atoms. The highest BCUT2D eigenvalue weighted by atomic mass is 35.5. The van der Waals surface area contributed by atoms with Crippen molar-refractivity contribution in [1.29, 1.82) is 5.26 Å². The molecule has 0 spiro atoms. The minimum Gasteiger partial charge on any atom is -0.497 e. The first kappa shape index (κ1) is 13.5. The van der Waals surface area contributed by atoms with Crippen LogP contribution in [-0.2, 0) is 5.88 Å². The molecule has 0 radical (unpaired) electrons. The molecular formula is C16H12ClN3O. The Bertz CT molecular complexity index is 831. The second-order valence-corrected chi connectivity index (χ2v) is 4.75. The molecule has 0 atom stereocenters. The summed E-state index contributed by atoms with van der Waals surface area (Å²) in [7, 11) is 1.63. The number of ether oxygens (including phenoxy) is 1. The fourth-order valence-corrected chi connectivity index (χ4v) is 2.53. The summed E-state index contributed by atoms with van der Waals surface area (Å²) in [5.41, 5.74) is 3.02. The van der Waals surface area contributed by atoms with Crippen molar-refractivity contribution < 1.29 is 4.74 Å². The number of benzene rings is 2. The second-order valence-electron chi connectivity index (χ2n) is 4.48. The lowest BCUT2D eigenvalue weighted by atomic mass is 10.2. The van der Waals surface area contributed by atoms with E-state index in [0.29, 0.717) is 16.9 Å². The number of fused-ring (bicyclic) bond motifs is 1. The largest absolute Gasteiger partial charge is 0.497 e. The van der Waals surface area contributed by atoms with Crippen LogP contribution >= 0.6 is 11.6 Å². The molecule has 0 aliphatic carbocycles. The van der Waals surface area contributed by atoms with Crippen LogP contribution in [0.3, 0.4) is 0 Å². The summed E-state index contributed by atoms with van der Waals surface area (Å²) in [5, 5.41) is 9.20. The van der Waals surface area contributed by atoms with Crippen molar-refractivity contribution >= 4 is 22.6 Å². The van der Waals surface area contributed by atoms with Crippen LogP contribution in [0, 0.1) is 11.3 Å². The van der Waals surface area contributed by atoms with Gasteiger partial charge in [-0.3, -0.25) is 4.57 Å². The zero-order valence-corrected chi connectivity index (χ0v) is 12.1. The number of hydrogen-bond acceptors (Lipinski definition) is 3. The first-order valence-electron chi connectivity index (χ1n) is 6.39. The van der Waals surface area contributed by atoms with Crippen molar-refractivity contribution in [3.05, 3.63) is 53.9 Å². The summed E-state index contributed by atoms with van der Waals surface area (Å²) >= 11 is 6.02. The Morgan fingerprint density at radius 3 is 2.62 bits per heavy atom. The van der Waals surface area contributed by atoms with Gasteiger partial charge in [-0.1, -0.05) is 6.07 Å². The highest BCUT2D eigenvalue weighted by Crippen LogP contribution is 2.26. The highest BCUT2D eigenvalue weighted by molar-refractivity contribution is 6.17. The summed E-state index contributed by atoms with van der Waals surface area (Å²) in [4.78, 5) is 4.50. The van der Waals surface area contributed by atoms with E-state index in [-0.39, 0.29) is 5.88 Å². The van der Waals surface area contributed by atoms with Crippen molar-refractivity contribution in [2.24, 2.45) is 0 Å². The number of rotatable bonds is 3. The molecule has 0 aliphatic heterocycles. The van der Waals surface area contributed by atoms with Gasteiger partial charge in [-0.15, -0.1) is 11.6 Å². The molecule has 1 aromatic heterocycles. The standard InChI is InChI=1S/C16H12ClN3O/c1-21-13-7-5-12(6-8-13)20-14-4-2-3-11(10-18)16(14)19-15(20)9-17/h2-8H,9H2,1H3. The van der Waals surface area contributed by atoms with Gasteiger partial charge in [-0.05, 0) is 36.4 Å². The third-order valence-corrected chi connectivity index (χ3v) is 3.56. The normalized spacial score (nSPS) is 10.5. The molecule has 5 heteroatoms. The van der Waals surface area contributed by atoms with Crippen LogP contribution in [0.5, 0.6) is 5.75 Å². The summed E-state index contributed by atoms with van der Waals surface area (Å²) in [6, 6.07) is 15.3. The maximum atomic E-state index is 9.20. The van der Waals surface area contributed by atoms with Gasteiger partial charge in [0, 0.05) is 5.69 Å². The Morgan fingerprint density at radius 1 is 1.24 bits per heavy atom. The number of imidazole rings is 1. The van der Waals surface area contributed by atoms with Crippen molar-refractivity contribution in [3.63, 3.8) is 0 Å². The molecule has 3 aromatic rings. The number of nitrogens with zero attached hydrogens (tertiary/aromatic N) is 3. The van der Waals surface area contributed by atoms with Gasteiger partial charge in [0.2, 0.25) is 0 Å². The molecule has 0 amide bonds. The van der Waals surface area contributed by atoms with E-state index in [9.17, 15) is 5.26 Å². The highest BCUT2D eigenvalue weighted by Gasteiger charge is 2.14. The van der Waals surface area contributed by atoms with E-state index in [2.05, 4.69) is 11.1 Å². The summed E-state index contributed by atoms with van der Waals surface area (Å²) in [5.74, 6) is 1.76. The Kier molecular flexibility index (Phi) is 3.51. The van der Waals surface area contributed by atoms with E-state index >= 15 is 0 Å². The van der Waals surface area contributed by atoms with E-state index in [1.54, 1.807) is 13.2 Å². The minimum absolute atomic E-state index is 0.269. The number of methoxy groups -OCH3 is 1. The lowest BCUT2D eigenvalue weighted by Gasteiger charge is -2.08. The molecule has 3 rings (SSSR count). The molecule has 1 heterocycles. The van der Waals surface area contributed by atoms with Crippen LogP contribution in [0.15, 0.2) is 42.5 Å². The average Bonchev–Trinajstić information content (AvgIpc) is 2.93. The summed E-state index contributed by atoms with van der Waals surface area (Å²) in [6.45, 7) is 0. The SMILES string of the molecule is COc1ccc(-n2c(CCl)nc3c(C#N)cccc32)cc1. The molecule has 0 unspecified atom stereocenters. The Hall–Kier alpha value is -2.51. The summed E-state index contributed by atoms with van der Waals surface area (Å²) in [6.07, 6.45) is 0. The zero-order chi connectivity index (χ0) is 14.8. The molecule has 0 aliphatic rings. The van der Waals surface area contributed by atoms with Crippen LogP contribution in [0.4, 0.5) is 0 Å². The van der Waals surface area contributed by atoms with E-state index < -0.39 is 0 Å². The number of hydrogen-bond donors (Lipinski definition) is 0. The molecule has 0 saturated carbocycles. The van der Waals surface area contributed by atoms with Crippen LogP contribution < -0.4 is 4.74 Å². The van der Waals surface area contributed by atoms with E-state index in [1.165, 1.54) is 0 Å². The molecule has 0 saturated heterocycles. The average molecular weight is 298 g/mol. The fourth-order valence-electron chi connectivity index (χ4n) is 2.35. The predicted molar refractivity (Wildman–Crippen MR) is 81.9 cm³/mol. The van der Waals surface area contributed by atoms with Crippen LogP contribution in [0.1, 0.15) is 11.4 Å². The Labute approximate surface area is 127 Å². The van der Waals surface area contributed by atoms with Crippen LogP contribution in [-0.4, -0.2) is 16.7 Å². The predicted octanol–water partition coefficient (Wildman–Crippen LogP) is 3.64. The Balaban J connectivity index is 2.27. The molecule has 0 fully saturated rings. The number of alkyl halides is 1. The lowest BCUT2D eigenvalue weighted by molar-refractivity contribution is 0.414. The topological polar surface area (TPSA) is 50.8 Å². The molecule has 0 N–H and O–H groups in total. The van der Waals surface area contributed by atoms with Gasteiger partial charge in [-0.25, -0.2) is 4.98 Å². The second kappa shape index (κ2) is 5.47. The van der Waals surface area contributed by atoms with Gasteiger partial charge in [-0.2, -0.15) is 5.26 Å². The van der Waals surface area contributed by atoms with Crippen molar-refractivity contribution in [2.45, 2.75) is 5.88 Å². The molecule has 0 bridgehead atoms. The third-order valence-electron chi connectivity index (χ3n) is 3.33. The van der Waals surface area contributed by atoms with Crippen molar-refractivity contribution in [2.75, 3.05) is 7.11 Å². The van der Waals surface area contributed by atoms with Crippen LogP contribution in [0.2, 0.25) is 0 Å². The van der Waals surface area contributed by atoms with Gasteiger partial charge in [0.05, 0.1) is 24.1 Å². The molecule has 2 aromatic carbocycles. The number of para-hydroxylation sites is 1. The Morgan fingerprint density at radius 2 is 2.00 bits per heavy atom. The van der Waals surface area contributed by atoms with E-state index in [4.69, 9.17) is 16.3 Å². The zero-order valence-electron chi connectivity index (χ0n) is 11.4. The number of aromatic nitrogens is 2. The lowest BCUT2D eigenvalue weighted by Crippen LogP contribution is -1.99. The molecular weight excluding hydrogens is 286 g/mol. The molecule has 4 nitrogen and oxygen atoms in total. The van der Waals surface area contributed by atoms with Crippen molar-refractivity contribution in [1.82, 2.24) is 9.55 Å².